The van der Waals surface area contributed by atoms with E-state index in [9.17, 15) is 0 Å². The third-order valence-corrected chi connectivity index (χ3v) is 2.36. The van der Waals surface area contributed by atoms with Crippen LogP contribution in [-0.2, 0) is 6.54 Å². The normalized spacial score (nSPS) is 18.9. The second-order valence-electron chi connectivity index (χ2n) is 4.15. The van der Waals surface area contributed by atoms with E-state index in [4.69, 9.17) is 10.3 Å². The van der Waals surface area contributed by atoms with Crippen LogP contribution in [0, 0.1) is 5.92 Å². The summed E-state index contributed by atoms with van der Waals surface area (Å²) in [5.41, 5.74) is 5.93. The van der Waals surface area contributed by atoms with Crippen molar-refractivity contribution in [2.45, 2.75) is 25.4 Å². The molecule has 1 unspecified atom stereocenters. The van der Waals surface area contributed by atoms with E-state index >= 15 is 0 Å². The lowest BCUT2D eigenvalue weighted by molar-refractivity contribution is 0.329. The molecule has 0 amide bonds. The van der Waals surface area contributed by atoms with Crippen LogP contribution in [0.25, 0.3) is 0 Å². The molecule has 14 heavy (non-hydrogen) atoms. The highest BCUT2D eigenvalue weighted by Crippen LogP contribution is 2.38. The molecule has 0 aliphatic heterocycles. The minimum atomic E-state index is -0.0570. The van der Waals surface area contributed by atoms with Crippen molar-refractivity contribution in [1.82, 2.24) is 15.0 Å². The number of nitrogens with two attached hydrogens (primary N) is 1. The zero-order valence-corrected chi connectivity index (χ0v) is 8.60. The van der Waals surface area contributed by atoms with Gasteiger partial charge in [-0.25, -0.2) is 0 Å². The number of hydrogen-bond donors (Lipinski definition) is 1. The smallest absolute Gasteiger partial charge is 0.243 e. The van der Waals surface area contributed by atoms with Gasteiger partial charge in [0.2, 0.25) is 5.89 Å². The van der Waals surface area contributed by atoms with Gasteiger partial charge in [0.15, 0.2) is 5.82 Å². The van der Waals surface area contributed by atoms with Gasteiger partial charge in [-0.3, -0.25) is 0 Å². The second kappa shape index (κ2) is 3.67. The van der Waals surface area contributed by atoms with Crippen LogP contribution in [0.15, 0.2) is 4.52 Å². The predicted octanol–water partition coefficient (Wildman–Crippen LogP) is 0.541. The third kappa shape index (κ3) is 2.10. The molecule has 1 fully saturated rings. The van der Waals surface area contributed by atoms with Gasteiger partial charge in [0.25, 0.3) is 0 Å². The summed E-state index contributed by atoms with van der Waals surface area (Å²) in [7, 11) is 3.94. The van der Waals surface area contributed by atoms with E-state index in [1.807, 2.05) is 19.0 Å². The van der Waals surface area contributed by atoms with Gasteiger partial charge in [-0.05, 0) is 32.9 Å². The van der Waals surface area contributed by atoms with Crippen molar-refractivity contribution >= 4 is 0 Å². The minimum absolute atomic E-state index is 0.0570. The summed E-state index contributed by atoms with van der Waals surface area (Å²) in [4.78, 5) is 6.26. The minimum Gasteiger partial charge on any atom is -0.338 e. The average Bonchev–Trinajstić information content (AvgIpc) is 2.86. The second-order valence-corrected chi connectivity index (χ2v) is 4.15. The molecule has 0 radical (unpaired) electrons. The van der Waals surface area contributed by atoms with E-state index in [1.54, 1.807) is 0 Å². The van der Waals surface area contributed by atoms with Gasteiger partial charge in [-0.1, -0.05) is 5.16 Å². The first-order valence-corrected chi connectivity index (χ1v) is 4.89. The number of rotatable bonds is 4. The van der Waals surface area contributed by atoms with E-state index in [-0.39, 0.29) is 6.04 Å². The van der Waals surface area contributed by atoms with Gasteiger partial charge in [0.05, 0.1) is 12.6 Å². The van der Waals surface area contributed by atoms with Crippen molar-refractivity contribution in [3.05, 3.63) is 11.7 Å². The molecule has 2 N–H and O–H groups in total. The summed E-state index contributed by atoms with van der Waals surface area (Å²) < 4.78 is 5.12. The zero-order valence-electron chi connectivity index (χ0n) is 8.60. The molecule has 1 heterocycles. The Labute approximate surface area is 83.3 Å². The Morgan fingerprint density at radius 1 is 1.57 bits per heavy atom. The zero-order chi connectivity index (χ0) is 10.1. The topological polar surface area (TPSA) is 68.2 Å². The van der Waals surface area contributed by atoms with Crippen LogP contribution in [0.2, 0.25) is 0 Å². The van der Waals surface area contributed by atoms with Gasteiger partial charge in [0, 0.05) is 0 Å². The molecule has 1 saturated carbocycles. The highest BCUT2D eigenvalue weighted by atomic mass is 16.5. The van der Waals surface area contributed by atoms with Crippen LogP contribution in [0.1, 0.15) is 30.6 Å². The highest BCUT2D eigenvalue weighted by Gasteiger charge is 2.33. The SMILES string of the molecule is CN(C)Cc1noc(C(N)C2CC2)n1. The third-order valence-electron chi connectivity index (χ3n) is 2.36. The van der Waals surface area contributed by atoms with Gasteiger partial charge >= 0.3 is 0 Å². The van der Waals surface area contributed by atoms with Crippen LogP contribution in [-0.4, -0.2) is 29.1 Å². The number of hydrogen-bond acceptors (Lipinski definition) is 5. The van der Waals surface area contributed by atoms with Crippen LogP contribution in [0.4, 0.5) is 0 Å². The molecule has 1 aromatic heterocycles. The summed E-state index contributed by atoms with van der Waals surface area (Å²) in [6.07, 6.45) is 2.37. The molecular formula is C9H16N4O. The Hall–Kier alpha value is -0.940. The quantitative estimate of drug-likeness (QED) is 0.761. The number of aromatic nitrogens is 2. The first kappa shape index (κ1) is 9.61. The summed E-state index contributed by atoms with van der Waals surface area (Å²) in [6.45, 7) is 0.695. The van der Waals surface area contributed by atoms with Gasteiger partial charge in [-0.2, -0.15) is 4.98 Å². The van der Waals surface area contributed by atoms with Crippen molar-refractivity contribution < 1.29 is 4.52 Å². The van der Waals surface area contributed by atoms with Gasteiger partial charge < -0.3 is 15.2 Å². The summed E-state index contributed by atoms with van der Waals surface area (Å²) in [5.74, 6) is 1.85. The van der Waals surface area contributed by atoms with E-state index in [2.05, 4.69) is 10.1 Å². The fourth-order valence-electron chi connectivity index (χ4n) is 1.41. The maximum atomic E-state index is 5.93. The van der Waals surface area contributed by atoms with Crippen LogP contribution < -0.4 is 5.73 Å². The van der Waals surface area contributed by atoms with Crippen molar-refractivity contribution in [3.8, 4) is 0 Å². The molecule has 2 rings (SSSR count). The lowest BCUT2D eigenvalue weighted by Gasteiger charge is -2.04. The molecule has 1 atom stereocenters. The van der Waals surface area contributed by atoms with Gasteiger partial charge in [0.1, 0.15) is 0 Å². The Morgan fingerprint density at radius 2 is 2.29 bits per heavy atom. The summed E-state index contributed by atoms with van der Waals surface area (Å²) in [6, 6.07) is -0.0570. The molecule has 5 heteroatoms. The maximum Gasteiger partial charge on any atom is 0.243 e. The Bertz CT molecular complexity index is 306. The average molecular weight is 196 g/mol. The Kier molecular flexibility index (Phi) is 2.52. The molecule has 0 aromatic carbocycles. The maximum absolute atomic E-state index is 5.93. The standard InChI is InChI=1S/C9H16N4O/c1-13(2)5-7-11-9(14-12-7)8(10)6-3-4-6/h6,8H,3-5,10H2,1-2H3. The van der Waals surface area contributed by atoms with E-state index in [0.717, 1.165) is 0 Å². The number of nitrogens with zero attached hydrogens (tertiary/aromatic N) is 3. The van der Waals surface area contributed by atoms with E-state index < -0.39 is 0 Å². The van der Waals surface area contributed by atoms with Crippen LogP contribution in [0.5, 0.6) is 0 Å². The fourth-order valence-corrected chi connectivity index (χ4v) is 1.41. The highest BCUT2D eigenvalue weighted by molar-refractivity contribution is 4.98. The fraction of sp³-hybridized carbons (Fsp3) is 0.778. The van der Waals surface area contributed by atoms with Crippen LogP contribution >= 0.6 is 0 Å². The first-order valence-electron chi connectivity index (χ1n) is 4.89. The van der Waals surface area contributed by atoms with Crippen molar-refractivity contribution in [2.24, 2.45) is 11.7 Å². The van der Waals surface area contributed by atoms with Crippen molar-refractivity contribution in [2.75, 3.05) is 14.1 Å². The summed E-state index contributed by atoms with van der Waals surface area (Å²) >= 11 is 0. The van der Waals surface area contributed by atoms with E-state index in [0.29, 0.717) is 24.2 Å². The first-order chi connectivity index (χ1) is 6.66. The molecule has 0 saturated heterocycles. The Balaban J connectivity index is 2.01. The molecule has 1 aliphatic carbocycles. The molecule has 5 nitrogen and oxygen atoms in total. The molecule has 0 spiro atoms. The Morgan fingerprint density at radius 3 is 2.86 bits per heavy atom. The van der Waals surface area contributed by atoms with Crippen LogP contribution in [0.3, 0.4) is 0 Å². The lowest BCUT2D eigenvalue weighted by atomic mass is 10.2. The molecule has 0 bridgehead atoms. The predicted molar refractivity (Wildman–Crippen MR) is 51.3 cm³/mol. The molecule has 1 aromatic rings. The molecule has 1 aliphatic rings. The van der Waals surface area contributed by atoms with Gasteiger partial charge in [-0.15, -0.1) is 0 Å². The summed E-state index contributed by atoms with van der Waals surface area (Å²) in [5, 5.41) is 3.88. The molecular weight excluding hydrogens is 180 g/mol. The molecule has 78 valence electrons. The largest absolute Gasteiger partial charge is 0.338 e. The monoisotopic (exact) mass is 196 g/mol. The van der Waals surface area contributed by atoms with Crippen molar-refractivity contribution in [3.63, 3.8) is 0 Å². The lowest BCUT2D eigenvalue weighted by Crippen LogP contribution is -2.14. The van der Waals surface area contributed by atoms with Crippen molar-refractivity contribution in [1.29, 1.82) is 0 Å². The van der Waals surface area contributed by atoms with E-state index in [1.165, 1.54) is 12.8 Å².